The summed E-state index contributed by atoms with van der Waals surface area (Å²) in [5.41, 5.74) is 1.66. The second-order valence-electron chi connectivity index (χ2n) is 6.60. The standard InChI is InChI=1S/C19H21N5O2/c25-19-8-7-18(14-2-1-9-20-10-14)23-24(19)16-5-3-15(4-6-16)22-12-17-11-21-13-26-17/h1-2,7-11,13,15-16,22H,3-6,12H2. The lowest BCUT2D eigenvalue weighted by molar-refractivity contribution is 0.265. The molecule has 0 spiro atoms. The first kappa shape index (κ1) is 16.7. The monoisotopic (exact) mass is 351 g/mol. The van der Waals surface area contributed by atoms with Gasteiger partial charge in [0.05, 0.1) is 24.5 Å². The van der Waals surface area contributed by atoms with E-state index < -0.39 is 0 Å². The molecule has 7 nitrogen and oxygen atoms in total. The Morgan fingerprint density at radius 2 is 2.00 bits per heavy atom. The van der Waals surface area contributed by atoms with Crippen LogP contribution >= 0.6 is 0 Å². The van der Waals surface area contributed by atoms with Gasteiger partial charge in [0.15, 0.2) is 6.39 Å². The Kier molecular flexibility index (Phi) is 4.88. The predicted octanol–water partition coefficient (Wildman–Crippen LogP) is 2.57. The van der Waals surface area contributed by atoms with Gasteiger partial charge < -0.3 is 9.73 Å². The van der Waals surface area contributed by atoms with Crippen LogP contribution in [0.15, 0.2) is 58.5 Å². The van der Waals surface area contributed by atoms with Gasteiger partial charge in [-0.1, -0.05) is 0 Å². The third-order valence-corrected chi connectivity index (χ3v) is 4.87. The maximum atomic E-state index is 12.3. The van der Waals surface area contributed by atoms with E-state index >= 15 is 0 Å². The van der Waals surface area contributed by atoms with Gasteiger partial charge in [0, 0.05) is 30.1 Å². The normalized spacial score (nSPS) is 20.2. The summed E-state index contributed by atoms with van der Waals surface area (Å²) in [7, 11) is 0. The van der Waals surface area contributed by atoms with Crippen LogP contribution in [0.3, 0.4) is 0 Å². The lowest BCUT2D eigenvalue weighted by Gasteiger charge is -2.29. The Bertz CT molecular complexity index is 884. The molecule has 1 N–H and O–H groups in total. The number of hydrogen-bond acceptors (Lipinski definition) is 6. The first-order valence-electron chi connectivity index (χ1n) is 8.90. The van der Waals surface area contributed by atoms with Crippen LogP contribution in [-0.4, -0.2) is 25.8 Å². The topological polar surface area (TPSA) is 85.8 Å². The number of pyridine rings is 1. The Morgan fingerprint density at radius 1 is 1.12 bits per heavy atom. The molecule has 1 aliphatic rings. The number of nitrogens with zero attached hydrogens (tertiary/aromatic N) is 4. The average Bonchev–Trinajstić information content (AvgIpc) is 3.22. The SMILES string of the molecule is O=c1ccc(-c2cccnc2)nn1C1CCC(NCc2cnco2)CC1. The fourth-order valence-electron chi connectivity index (χ4n) is 3.45. The van der Waals surface area contributed by atoms with Crippen molar-refractivity contribution >= 4 is 0 Å². The zero-order valence-electron chi connectivity index (χ0n) is 14.4. The number of nitrogens with one attached hydrogen (secondary N) is 1. The molecule has 1 aliphatic carbocycles. The van der Waals surface area contributed by atoms with Crippen molar-refractivity contribution in [2.75, 3.05) is 0 Å². The molecule has 0 aliphatic heterocycles. The van der Waals surface area contributed by atoms with Crippen molar-refractivity contribution in [2.24, 2.45) is 0 Å². The van der Waals surface area contributed by atoms with Gasteiger partial charge in [-0.3, -0.25) is 9.78 Å². The maximum absolute atomic E-state index is 12.3. The van der Waals surface area contributed by atoms with Crippen LogP contribution in [0.4, 0.5) is 0 Å². The van der Waals surface area contributed by atoms with Gasteiger partial charge in [-0.05, 0) is 43.9 Å². The van der Waals surface area contributed by atoms with Gasteiger partial charge >= 0.3 is 0 Å². The molecular weight excluding hydrogens is 330 g/mol. The van der Waals surface area contributed by atoms with Crippen LogP contribution in [0, 0.1) is 0 Å². The van der Waals surface area contributed by atoms with Gasteiger partial charge in [-0.15, -0.1) is 0 Å². The summed E-state index contributed by atoms with van der Waals surface area (Å²) >= 11 is 0. The van der Waals surface area contributed by atoms with Gasteiger partial charge in [-0.2, -0.15) is 5.10 Å². The minimum Gasteiger partial charge on any atom is -0.447 e. The minimum absolute atomic E-state index is 0.0456. The molecule has 0 unspecified atom stereocenters. The molecule has 3 aromatic rings. The van der Waals surface area contributed by atoms with E-state index in [0.29, 0.717) is 12.6 Å². The Morgan fingerprint density at radius 3 is 2.73 bits per heavy atom. The van der Waals surface area contributed by atoms with Crippen molar-refractivity contribution in [3.05, 3.63) is 65.4 Å². The second kappa shape index (κ2) is 7.61. The molecule has 26 heavy (non-hydrogen) atoms. The van der Waals surface area contributed by atoms with Gasteiger partial charge in [-0.25, -0.2) is 9.67 Å². The fraction of sp³-hybridized carbons (Fsp3) is 0.368. The smallest absolute Gasteiger partial charge is 0.267 e. The number of rotatable bonds is 5. The molecular formula is C19H21N5O2. The molecule has 0 radical (unpaired) electrons. The average molecular weight is 351 g/mol. The highest BCUT2D eigenvalue weighted by molar-refractivity contribution is 5.56. The summed E-state index contributed by atoms with van der Waals surface area (Å²) in [6.07, 6.45) is 10.5. The van der Waals surface area contributed by atoms with E-state index in [4.69, 9.17) is 4.42 Å². The van der Waals surface area contributed by atoms with Crippen LogP contribution in [0.25, 0.3) is 11.3 Å². The summed E-state index contributed by atoms with van der Waals surface area (Å²) in [6.45, 7) is 0.685. The first-order chi connectivity index (χ1) is 12.8. The third kappa shape index (κ3) is 3.72. The summed E-state index contributed by atoms with van der Waals surface area (Å²) in [5.74, 6) is 0.842. The molecule has 0 atom stereocenters. The van der Waals surface area contributed by atoms with Crippen molar-refractivity contribution < 1.29 is 4.42 Å². The van der Waals surface area contributed by atoms with Crippen LogP contribution in [-0.2, 0) is 6.54 Å². The van der Waals surface area contributed by atoms with Gasteiger partial charge in [0.1, 0.15) is 5.76 Å². The number of hydrogen-bond donors (Lipinski definition) is 1. The van der Waals surface area contributed by atoms with E-state index in [0.717, 1.165) is 42.7 Å². The van der Waals surface area contributed by atoms with E-state index in [1.807, 2.05) is 12.1 Å². The molecule has 0 bridgehead atoms. The highest BCUT2D eigenvalue weighted by atomic mass is 16.3. The van der Waals surface area contributed by atoms with Crippen molar-refractivity contribution in [1.29, 1.82) is 0 Å². The largest absolute Gasteiger partial charge is 0.447 e. The lowest BCUT2D eigenvalue weighted by Crippen LogP contribution is -2.36. The zero-order chi connectivity index (χ0) is 17.8. The van der Waals surface area contributed by atoms with Crippen LogP contribution in [0.5, 0.6) is 0 Å². The lowest BCUT2D eigenvalue weighted by atomic mass is 9.91. The van der Waals surface area contributed by atoms with E-state index in [2.05, 4.69) is 20.4 Å². The highest BCUT2D eigenvalue weighted by Crippen LogP contribution is 2.27. The molecule has 0 saturated heterocycles. The highest BCUT2D eigenvalue weighted by Gasteiger charge is 2.24. The second-order valence-corrected chi connectivity index (χ2v) is 6.60. The molecule has 3 aromatic heterocycles. The number of aromatic nitrogens is 4. The van der Waals surface area contributed by atoms with Crippen molar-refractivity contribution in [3.63, 3.8) is 0 Å². The predicted molar refractivity (Wildman–Crippen MR) is 96.4 cm³/mol. The van der Waals surface area contributed by atoms with Gasteiger partial charge in [0.2, 0.25) is 0 Å². The summed E-state index contributed by atoms with van der Waals surface area (Å²) in [4.78, 5) is 20.4. The van der Waals surface area contributed by atoms with E-state index in [-0.39, 0.29) is 11.6 Å². The summed E-state index contributed by atoms with van der Waals surface area (Å²) < 4.78 is 6.90. The summed E-state index contributed by atoms with van der Waals surface area (Å²) in [6, 6.07) is 7.76. The van der Waals surface area contributed by atoms with Crippen LogP contribution in [0.1, 0.15) is 37.5 Å². The Balaban J connectivity index is 1.41. The third-order valence-electron chi connectivity index (χ3n) is 4.87. The van der Waals surface area contributed by atoms with E-state index in [1.165, 1.54) is 6.39 Å². The van der Waals surface area contributed by atoms with Crippen LogP contribution in [0.2, 0.25) is 0 Å². The zero-order valence-corrected chi connectivity index (χ0v) is 14.4. The van der Waals surface area contributed by atoms with Crippen molar-refractivity contribution in [1.82, 2.24) is 25.1 Å². The van der Waals surface area contributed by atoms with E-state index in [9.17, 15) is 4.79 Å². The van der Waals surface area contributed by atoms with Crippen molar-refractivity contribution in [3.8, 4) is 11.3 Å². The molecule has 4 rings (SSSR count). The molecule has 1 fully saturated rings. The molecule has 0 amide bonds. The molecule has 1 saturated carbocycles. The van der Waals surface area contributed by atoms with E-state index in [1.54, 1.807) is 35.4 Å². The Hall–Kier alpha value is -2.80. The maximum Gasteiger partial charge on any atom is 0.267 e. The molecule has 0 aromatic carbocycles. The Labute approximate surface area is 151 Å². The summed E-state index contributed by atoms with van der Waals surface area (Å²) in [5, 5.41) is 8.10. The molecule has 3 heterocycles. The molecule has 134 valence electrons. The quantitative estimate of drug-likeness (QED) is 0.760. The van der Waals surface area contributed by atoms with Crippen LogP contribution < -0.4 is 10.9 Å². The number of oxazole rings is 1. The molecule has 7 heteroatoms. The fourth-order valence-corrected chi connectivity index (χ4v) is 3.45. The first-order valence-corrected chi connectivity index (χ1v) is 8.90. The van der Waals surface area contributed by atoms with Crippen molar-refractivity contribution in [2.45, 2.75) is 44.3 Å². The minimum atomic E-state index is -0.0456. The van der Waals surface area contributed by atoms with Gasteiger partial charge in [0.25, 0.3) is 5.56 Å².